The van der Waals surface area contributed by atoms with Crippen molar-refractivity contribution in [3.8, 4) is 0 Å². The number of amides is 1. The second-order valence-corrected chi connectivity index (χ2v) is 9.55. The highest BCUT2D eigenvalue weighted by atomic mass is 16.6. The van der Waals surface area contributed by atoms with Gasteiger partial charge in [0.05, 0.1) is 28.6 Å². The van der Waals surface area contributed by atoms with Gasteiger partial charge in [-0.15, -0.1) is 0 Å². The predicted molar refractivity (Wildman–Crippen MR) is 140 cm³/mol. The zero-order valence-corrected chi connectivity index (χ0v) is 20.7. The maximum absolute atomic E-state index is 13.9. The molecule has 8 heteroatoms. The SMILES string of the molecule is CCCCCC(=O)N1c2ccccc2NC2=C(C(=O)C[C@H](c3ccco3)C2)[C@H]1c1cccc([N+](=O)[O-])c1. The third-order valence-corrected chi connectivity index (χ3v) is 7.09. The number of non-ortho nitro benzene ring substituents is 1. The van der Waals surface area contributed by atoms with Crippen LogP contribution in [-0.2, 0) is 9.59 Å². The van der Waals surface area contributed by atoms with Crippen LogP contribution >= 0.6 is 0 Å². The highest BCUT2D eigenvalue weighted by molar-refractivity contribution is 6.06. The summed E-state index contributed by atoms with van der Waals surface area (Å²) in [5, 5.41) is 15.1. The number of carbonyl (C=O) groups is 2. The minimum atomic E-state index is -0.787. The van der Waals surface area contributed by atoms with E-state index in [1.807, 2.05) is 36.4 Å². The quantitative estimate of drug-likeness (QED) is 0.221. The lowest BCUT2D eigenvalue weighted by Crippen LogP contribution is -2.38. The van der Waals surface area contributed by atoms with Gasteiger partial charge in [-0.1, -0.05) is 44.0 Å². The Balaban J connectivity index is 1.69. The standard InChI is InChI=1S/C29H29N3O5/c1-2-3-4-14-27(34)31-24-12-6-5-11-22(24)30-23-17-20(26-13-8-15-37-26)18-25(33)28(23)29(31)19-9-7-10-21(16-19)32(35)36/h5-13,15-16,20,29-30H,2-4,14,17-18H2,1H3/t20-,29-/m1/s1. The fraction of sp³-hybridized carbons (Fsp3) is 0.310. The third kappa shape index (κ3) is 4.79. The number of nitro benzene ring substituents is 1. The molecule has 0 saturated carbocycles. The molecule has 37 heavy (non-hydrogen) atoms. The predicted octanol–water partition coefficient (Wildman–Crippen LogP) is 6.67. The van der Waals surface area contributed by atoms with E-state index in [9.17, 15) is 19.7 Å². The number of Topliss-reactive ketones (excluding diaryl/α,β-unsaturated/α-hetero) is 1. The zero-order valence-electron chi connectivity index (χ0n) is 20.7. The first kappa shape index (κ1) is 24.5. The summed E-state index contributed by atoms with van der Waals surface area (Å²) in [6.45, 7) is 2.08. The van der Waals surface area contributed by atoms with Crippen LogP contribution in [0.2, 0.25) is 0 Å². The number of carbonyl (C=O) groups excluding carboxylic acids is 2. The molecule has 0 spiro atoms. The monoisotopic (exact) mass is 499 g/mol. The van der Waals surface area contributed by atoms with Gasteiger partial charge in [0, 0.05) is 42.2 Å². The number of nitrogens with one attached hydrogen (secondary N) is 1. The fourth-order valence-corrected chi connectivity index (χ4v) is 5.36. The molecule has 2 aliphatic rings. The van der Waals surface area contributed by atoms with Crippen LogP contribution in [0.4, 0.5) is 17.1 Å². The average molecular weight is 500 g/mol. The van der Waals surface area contributed by atoms with Crippen molar-refractivity contribution in [3.63, 3.8) is 0 Å². The Morgan fingerprint density at radius 2 is 1.95 bits per heavy atom. The van der Waals surface area contributed by atoms with Gasteiger partial charge in [0.1, 0.15) is 5.76 Å². The Morgan fingerprint density at radius 1 is 1.11 bits per heavy atom. The summed E-state index contributed by atoms with van der Waals surface area (Å²) in [5.74, 6) is 0.372. The van der Waals surface area contributed by atoms with Crippen molar-refractivity contribution in [2.24, 2.45) is 0 Å². The number of furan rings is 1. The van der Waals surface area contributed by atoms with Crippen LogP contribution in [0.1, 0.15) is 68.7 Å². The van der Waals surface area contributed by atoms with Crippen molar-refractivity contribution >= 4 is 28.8 Å². The molecule has 1 amide bonds. The van der Waals surface area contributed by atoms with Gasteiger partial charge in [-0.2, -0.15) is 0 Å². The smallest absolute Gasteiger partial charge is 0.269 e. The van der Waals surface area contributed by atoms with Crippen LogP contribution in [-0.4, -0.2) is 16.6 Å². The highest BCUT2D eigenvalue weighted by Gasteiger charge is 2.42. The molecule has 2 atom stereocenters. The van der Waals surface area contributed by atoms with Crippen LogP contribution in [0.5, 0.6) is 0 Å². The normalized spacial score (nSPS) is 19.1. The number of fused-ring (bicyclic) bond motifs is 1. The lowest BCUT2D eigenvalue weighted by molar-refractivity contribution is -0.384. The van der Waals surface area contributed by atoms with Crippen LogP contribution in [0.25, 0.3) is 0 Å². The van der Waals surface area contributed by atoms with Gasteiger partial charge in [0.25, 0.3) is 5.69 Å². The van der Waals surface area contributed by atoms with Crippen LogP contribution in [0.3, 0.4) is 0 Å². The summed E-state index contributed by atoms with van der Waals surface area (Å²) < 4.78 is 5.63. The van der Waals surface area contributed by atoms with E-state index < -0.39 is 11.0 Å². The number of allylic oxidation sites excluding steroid dienone is 1. The number of nitrogens with zero attached hydrogens (tertiary/aromatic N) is 2. The van der Waals surface area contributed by atoms with Crippen LogP contribution in [0.15, 0.2) is 82.6 Å². The van der Waals surface area contributed by atoms with E-state index in [0.29, 0.717) is 35.4 Å². The molecular weight excluding hydrogens is 470 g/mol. The maximum Gasteiger partial charge on any atom is 0.269 e. The molecular formula is C29H29N3O5. The average Bonchev–Trinajstić information content (AvgIpc) is 3.39. The number of para-hydroxylation sites is 2. The summed E-state index contributed by atoms with van der Waals surface area (Å²) in [7, 11) is 0. The summed E-state index contributed by atoms with van der Waals surface area (Å²) in [6.07, 6.45) is 5.28. The summed E-state index contributed by atoms with van der Waals surface area (Å²) in [6, 6.07) is 16.6. The minimum Gasteiger partial charge on any atom is -0.469 e. The molecule has 2 aromatic carbocycles. The van der Waals surface area contributed by atoms with Crippen molar-refractivity contribution in [3.05, 3.63) is 99.6 Å². The fourth-order valence-electron chi connectivity index (χ4n) is 5.36. The first-order valence-corrected chi connectivity index (χ1v) is 12.7. The molecule has 190 valence electrons. The van der Waals surface area contributed by atoms with Gasteiger partial charge in [-0.3, -0.25) is 24.6 Å². The summed E-state index contributed by atoms with van der Waals surface area (Å²) >= 11 is 0. The van der Waals surface area contributed by atoms with E-state index in [0.717, 1.165) is 30.7 Å². The Bertz CT molecular complexity index is 1360. The van der Waals surface area contributed by atoms with Gasteiger partial charge < -0.3 is 9.73 Å². The lowest BCUT2D eigenvalue weighted by atomic mass is 9.80. The second-order valence-electron chi connectivity index (χ2n) is 9.55. The molecule has 0 bridgehead atoms. The number of benzene rings is 2. The highest BCUT2D eigenvalue weighted by Crippen LogP contribution is 2.48. The van der Waals surface area contributed by atoms with E-state index >= 15 is 0 Å². The Labute approximate surface area is 215 Å². The molecule has 3 aromatic rings. The van der Waals surface area contributed by atoms with E-state index in [-0.39, 0.29) is 29.7 Å². The van der Waals surface area contributed by atoms with Crippen molar-refractivity contribution in [2.45, 2.75) is 57.4 Å². The van der Waals surface area contributed by atoms with Gasteiger partial charge in [0.15, 0.2) is 5.78 Å². The van der Waals surface area contributed by atoms with Crippen LogP contribution < -0.4 is 10.2 Å². The summed E-state index contributed by atoms with van der Waals surface area (Å²) in [5.41, 5.74) is 3.01. The Kier molecular flexibility index (Phi) is 6.90. The summed E-state index contributed by atoms with van der Waals surface area (Å²) in [4.78, 5) is 40.6. The van der Waals surface area contributed by atoms with E-state index in [2.05, 4.69) is 12.2 Å². The molecule has 1 N–H and O–H groups in total. The molecule has 1 aliphatic carbocycles. The minimum absolute atomic E-state index is 0.0831. The number of nitro groups is 1. The van der Waals surface area contributed by atoms with E-state index in [4.69, 9.17) is 4.42 Å². The molecule has 1 aromatic heterocycles. The second kappa shape index (κ2) is 10.4. The number of unbranched alkanes of at least 4 members (excludes halogenated alkanes) is 2. The molecule has 0 fully saturated rings. The molecule has 0 radical (unpaired) electrons. The van der Waals surface area contributed by atoms with Gasteiger partial charge in [-0.05, 0) is 42.7 Å². The van der Waals surface area contributed by atoms with E-state index in [1.54, 1.807) is 23.3 Å². The van der Waals surface area contributed by atoms with Crippen molar-refractivity contribution in [1.82, 2.24) is 0 Å². The van der Waals surface area contributed by atoms with Crippen molar-refractivity contribution in [1.29, 1.82) is 0 Å². The largest absolute Gasteiger partial charge is 0.469 e. The van der Waals surface area contributed by atoms with Crippen molar-refractivity contribution < 1.29 is 18.9 Å². The number of hydrogen-bond acceptors (Lipinski definition) is 6. The lowest BCUT2D eigenvalue weighted by Gasteiger charge is -2.35. The molecule has 1 aliphatic heterocycles. The number of hydrogen-bond donors (Lipinski definition) is 1. The van der Waals surface area contributed by atoms with E-state index in [1.165, 1.54) is 12.1 Å². The Morgan fingerprint density at radius 3 is 2.70 bits per heavy atom. The number of rotatable bonds is 7. The zero-order chi connectivity index (χ0) is 25.9. The maximum atomic E-state index is 13.9. The van der Waals surface area contributed by atoms with Gasteiger partial charge in [-0.25, -0.2) is 0 Å². The van der Waals surface area contributed by atoms with Crippen molar-refractivity contribution in [2.75, 3.05) is 10.2 Å². The van der Waals surface area contributed by atoms with Gasteiger partial charge in [0.2, 0.25) is 5.91 Å². The molecule has 2 heterocycles. The molecule has 0 unspecified atom stereocenters. The molecule has 0 saturated heterocycles. The molecule has 5 rings (SSSR count). The van der Waals surface area contributed by atoms with Crippen LogP contribution in [0, 0.1) is 10.1 Å². The Hall–Kier alpha value is -4.20. The third-order valence-electron chi connectivity index (χ3n) is 7.09. The number of anilines is 2. The molecule has 8 nitrogen and oxygen atoms in total. The number of ketones is 1. The van der Waals surface area contributed by atoms with Gasteiger partial charge >= 0.3 is 0 Å². The topological polar surface area (TPSA) is 106 Å². The first-order chi connectivity index (χ1) is 18.0. The first-order valence-electron chi connectivity index (χ1n) is 12.7.